The van der Waals surface area contributed by atoms with Crippen LogP contribution in [0.3, 0.4) is 0 Å². The molecule has 1 unspecified atom stereocenters. The maximum Gasteiger partial charge on any atom is 0.260 e. The van der Waals surface area contributed by atoms with Crippen molar-refractivity contribution in [1.82, 2.24) is 4.90 Å². The van der Waals surface area contributed by atoms with Crippen LogP contribution in [-0.4, -0.2) is 42.2 Å². The predicted molar refractivity (Wildman–Crippen MR) is 81.2 cm³/mol. The molecule has 2 aromatic rings. The van der Waals surface area contributed by atoms with Gasteiger partial charge in [0.15, 0.2) is 6.61 Å². The van der Waals surface area contributed by atoms with Crippen molar-refractivity contribution in [1.29, 1.82) is 0 Å². The first-order valence-corrected chi connectivity index (χ1v) is 7.26. The molecule has 0 saturated carbocycles. The average Bonchev–Trinajstić information content (AvgIpc) is 3.01. The molecule has 1 aliphatic rings. The second-order valence-corrected chi connectivity index (χ2v) is 5.47. The van der Waals surface area contributed by atoms with Crippen LogP contribution in [0.1, 0.15) is 6.42 Å². The number of aliphatic hydroxyl groups excluding tert-OH is 1. The monoisotopic (exact) mass is 285 g/mol. The minimum absolute atomic E-state index is 0.0147. The summed E-state index contributed by atoms with van der Waals surface area (Å²) < 4.78 is 5.60. The van der Waals surface area contributed by atoms with Crippen molar-refractivity contribution in [3.8, 4) is 5.75 Å². The zero-order chi connectivity index (χ0) is 14.7. The number of aliphatic hydroxyl groups is 1. The van der Waals surface area contributed by atoms with Crippen LogP contribution in [-0.2, 0) is 4.79 Å². The number of rotatable bonds is 4. The SMILES string of the molecule is O=C(COc1ccc2ccccc2c1)N1CCC(CO)C1. The predicted octanol–water partition coefficient (Wildman–Crippen LogP) is 2.06. The highest BCUT2D eigenvalue weighted by Crippen LogP contribution is 2.21. The highest BCUT2D eigenvalue weighted by Gasteiger charge is 2.25. The van der Waals surface area contributed by atoms with Crippen LogP contribution >= 0.6 is 0 Å². The first-order valence-electron chi connectivity index (χ1n) is 7.26. The third-order valence-electron chi connectivity index (χ3n) is 3.98. The zero-order valence-corrected chi connectivity index (χ0v) is 11.9. The van der Waals surface area contributed by atoms with Gasteiger partial charge in [0.05, 0.1) is 0 Å². The molecular weight excluding hydrogens is 266 g/mol. The van der Waals surface area contributed by atoms with Gasteiger partial charge in [-0.15, -0.1) is 0 Å². The second kappa shape index (κ2) is 6.14. The number of carbonyl (C=O) groups excluding carboxylic acids is 1. The van der Waals surface area contributed by atoms with Crippen molar-refractivity contribution < 1.29 is 14.6 Å². The van der Waals surface area contributed by atoms with E-state index in [0.717, 1.165) is 17.2 Å². The first kappa shape index (κ1) is 13.9. The quantitative estimate of drug-likeness (QED) is 0.935. The van der Waals surface area contributed by atoms with Crippen LogP contribution in [0.25, 0.3) is 10.8 Å². The molecule has 1 N–H and O–H groups in total. The van der Waals surface area contributed by atoms with Crippen LogP contribution in [0.15, 0.2) is 42.5 Å². The lowest BCUT2D eigenvalue weighted by Crippen LogP contribution is -2.33. The van der Waals surface area contributed by atoms with Gasteiger partial charge in [0.1, 0.15) is 5.75 Å². The van der Waals surface area contributed by atoms with E-state index in [1.165, 1.54) is 0 Å². The number of hydrogen-bond acceptors (Lipinski definition) is 3. The molecule has 21 heavy (non-hydrogen) atoms. The highest BCUT2D eigenvalue weighted by molar-refractivity contribution is 5.84. The fourth-order valence-corrected chi connectivity index (χ4v) is 2.70. The van der Waals surface area contributed by atoms with Gasteiger partial charge in [0.25, 0.3) is 5.91 Å². The third kappa shape index (κ3) is 3.16. The molecule has 0 spiro atoms. The molecule has 0 aromatic heterocycles. The molecule has 1 atom stereocenters. The van der Waals surface area contributed by atoms with Crippen molar-refractivity contribution in [2.24, 2.45) is 5.92 Å². The first-order chi connectivity index (χ1) is 10.3. The van der Waals surface area contributed by atoms with E-state index in [0.29, 0.717) is 18.8 Å². The van der Waals surface area contributed by atoms with Gasteiger partial charge in [-0.05, 0) is 29.3 Å². The molecule has 0 aliphatic carbocycles. The van der Waals surface area contributed by atoms with Crippen molar-refractivity contribution in [2.75, 3.05) is 26.3 Å². The Hall–Kier alpha value is -2.07. The van der Waals surface area contributed by atoms with Crippen LogP contribution in [0.2, 0.25) is 0 Å². The summed E-state index contributed by atoms with van der Waals surface area (Å²) in [5.74, 6) is 0.911. The zero-order valence-electron chi connectivity index (χ0n) is 11.9. The summed E-state index contributed by atoms with van der Waals surface area (Å²) in [6.45, 7) is 1.55. The summed E-state index contributed by atoms with van der Waals surface area (Å²) in [4.78, 5) is 13.8. The lowest BCUT2D eigenvalue weighted by atomic mass is 10.1. The second-order valence-electron chi connectivity index (χ2n) is 5.47. The van der Waals surface area contributed by atoms with E-state index >= 15 is 0 Å². The molecular formula is C17H19NO3. The Balaban J connectivity index is 1.60. The van der Waals surface area contributed by atoms with Crippen LogP contribution in [0, 0.1) is 5.92 Å². The van der Waals surface area contributed by atoms with Gasteiger partial charge in [-0.1, -0.05) is 30.3 Å². The number of ether oxygens (including phenoxy) is 1. The Kier molecular flexibility index (Phi) is 4.06. The van der Waals surface area contributed by atoms with Gasteiger partial charge < -0.3 is 14.7 Å². The Morgan fingerprint density at radius 2 is 2.05 bits per heavy atom. The molecule has 110 valence electrons. The maximum absolute atomic E-state index is 12.1. The lowest BCUT2D eigenvalue weighted by molar-refractivity contribution is -0.132. The number of benzene rings is 2. The van der Waals surface area contributed by atoms with E-state index in [-0.39, 0.29) is 25.0 Å². The Labute approximate surface area is 123 Å². The Bertz CT molecular complexity index is 641. The number of hydrogen-bond donors (Lipinski definition) is 1. The van der Waals surface area contributed by atoms with Crippen LogP contribution in [0.5, 0.6) is 5.75 Å². The summed E-state index contributed by atoms with van der Waals surface area (Å²) in [5.41, 5.74) is 0. The topological polar surface area (TPSA) is 49.8 Å². The molecule has 1 fully saturated rings. The largest absolute Gasteiger partial charge is 0.484 e. The molecule has 2 aromatic carbocycles. The standard InChI is InChI=1S/C17H19NO3/c19-11-13-7-8-18(10-13)17(20)12-21-16-6-5-14-3-1-2-4-15(14)9-16/h1-6,9,13,19H,7-8,10-12H2. The summed E-state index contributed by atoms with van der Waals surface area (Å²) >= 11 is 0. The maximum atomic E-state index is 12.1. The minimum Gasteiger partial charge on any atom is -0.484 e. The lowest BCUT2D eigenvalue weighted by Gasteiger charge is -2.16. The summed E-state index contributed by atoms with van der Waals surface area (Å²) in [7, 11) is 0. The van der Waals surface area contributed by atoms with Crippen molar-refractivity contribution in [3.63, 3.8) is 0 Å². The van der Waals surface area contributed by atoms with E-state index in [9.17, 15) is 4.79 Å². The molecule has 4 nitrogen and oxygen atoms in total. The van der Waals surface area contributed by atoms with Crippen molar-refractivity contribution in [3.05, 3.63) is 42.5 Å². The van der Waals surface area contributed by atoms with E-state index in [1.807, 2.05) is 42.5 Å². The van der Waals surface area contributed by atoms with Gasteiger partial charge in [0.2, 0.25) is 0 Å². The normalized spacial score (nSPS) is 18.1. The fourth-order valence-electron chi connectivity index (χ4n) is 2.70. The minimum atomic E-state index is -0.0147. The molecule has 1 amide bonds. The molecule has 0 radical (unpaired) electrons. The average molecular weight is 285 g/mol. The van der Waals surface area contributed by atoms with Gasteiger partial charge >= 0.3 is 0 Å². The van der Waals surface area contributed by atoms with Gasteiger partial charge in [-0.25, -0.2) is 0 Å². The molecule has 1 aliphatic heterocycles. The molecule has 1 heterocycles. The van der Waals surface area contributed by atoms with E-state index < -0.39 is 0 Å². The summed E-state index contributed by atoms with van der Waals surface area (Å²) in [5, 5.41) is 11.4. The number of nitrogens with zero attached hydrogens (tertiary/aromatic N) is 1. The molecule has 4 heteroatoms. The summed E-state index contributed by atoms with van der Waals surface area (Å²) in [6.07, 6.45) is 0.873. The van der Waals surface area contributed by atoms with Crippen molar-refractivity contribution in [2.45, 2.75) is 6.42 Å². The Morgan fingerprint density at radius 3 is 2.81 bits per heavy atom. The van der Waals surface area contributed by atoms with Crippen LogP contribution < -0.4 is 4.74 Å². The number of fused-ring (bicyclic) bond motifs is 1. The number of carbonyl (C=O) groups is 1. The van der Waals surface area contributed by atoms with E-state index in [1.54, 1.807) is 4.90 Å². The fraction of sp³-hybridized carbons (Fsp3) is 0.353. The third-order valence-corrected chi connectivity index (χ3v) is 3.98. The Morgan fingerprint density at radius 1 is 1.24 bits per heavy atom. The van der Waals surface area contributed by atoms with Crippen LogP contribution in [0.4, 0.5) is 0 Å². The van der Waals surface area contributed by atoms with E-state index in [4.69, 9.17) is 9.84 Å². The van der Waals surface area contributed by atoms with Crippen molar-refractivity contribution >= 4 is 16.7 Å². The highest BCUT2D eigenvalue weighted by atomic mass is 16.5. The number of amides is 1. The van der Waals surface area contributed by atoms with Gasteiger partial charge in [0, 0.05) is 25.6 Å². The smallest absolute Gasteiger partial charge is 0.260 e. The number of likely N-dealkylation sites (tertiary alicyclic amines) is 1. The van der Waals surface area contributed by atoms with Gasteiger partial charge in [-0.2, -0.15) is 0 Å². The molecule has 1 saturated heterocycles. The summed E-state index contributed by atoms with van der Waals surface area (Å²) in [6, 6.07) is 13.9. The van der Waals surface area contributed by atoms with Gasteiger partial charge in [-0.3, -0.25) is 4.79 Å². The van der Waals surface area contributed by atoms with E-state index in [2.05, 4.69) is 0 Å². The molecule has 3 rings (SSSR count). The molecule has 0 bridgehead atoms.